The van der Waals surface area contributed by atoms with Crippen LogP contribution in [0, 0.1) is 0 Å². The van der Waals surface area contributed by atoms with Crippen LogP contribution in [0.15, 0.2) is 18.2 Å². The number of carbonyl (C=O) groups excluding carboxylic acids is 1. The van der Waals surface area contributed by atoms with Gasteiger partial charge in [-0.15, -0.1) is 0 Å². The molecule has 0 bridgehead atoms. The smallest absolute Gasteiger partial charge is 0.475 e. The lowest BCUT2D eigenvalue weighted by atomic mass is 9.92. The van der Waals surface area contributed by atoms with E-state index in [2.05, 4.69) is 16.7 Å². The van der Waals surface area contributed by atoms with Crippen molar-refractivity contribution in [3.8, 4) is 0 Å². The molecular weight excluding hydrogens is 441 g/mol. The Bertz CT molecular complexity index is 792. The number of amides is 1. The number of aliphatic hydroxyl groups excluding tert-OH is 1. The van der Waals surface area contributed by atoms with Gasteiger partial charge in [-0.2, -0.15) is 13.2 Å². The highest BCUT2D eigenvalue weighted by Gasteiger charge is 2.38. The Hall–Kier alpha value is -1.88. The van der Waals surface area contributed by atoms with Crippen LogP contribution in [0.3, 0.4) is 0 Å². The van der Waals surface area contributed by atoms with E-state index in [9.17, 15) is 18.0 Å². The van der Waals surface area contributed by atoms with Gasteiger partial charge in [0, 0.05) is 11.6 Å². The summed E-state index contributed by atoms with van der Waals surface area (Å²) in [6.45, 7) is 4.60. The number of hydrogen-bond donors (Lipinski definition) is 4. The maximum Gasteiger partial charge on any atom is 0.490 e. The molecule has 1 saturated carbocycles. The lowest BCUT2D eigenvalue weighted by molar-refractivity contribution is -0.192. The van der Waals surface area contributed by atoms with Gasteiger partial charge in [0.05, 0.1) is 24.8 Å². The summed E-state index contributed by atoms with van der Waals surface area (Å²) in [6, 6.07) is 6.04. The number of morpholine rings is 1. The highest BCUT2D eigenvalue weighted by molar-refractivity contribution is 6.31. The summed E-state index contributed by atoms with van der Waals surface area (Å²) in [7, 11) is 0. The van der Waals surface area contributed by atoms with E-state index < -0.39 is 23.8 Å². The van der Waals surface area contributed by atoms with E-state index in [0.717, 1.165) is 5.56 Å². The number of ether oxygens (including phenoxy) is 1. The average Bonchev–Trinajstić information content (AvgIpc) is 3.52. The van der Waals surface area contributed by atoms with Crippen LogP contribution in [-0.2, 0) is 19.9 Å². The van der Waals surface area contributed by atoms with Gasteiger partial charge in [0.15, 0.2) is 0 Å². The number of nitrogens with one attached hydrogen (secondary N) is 2. The topological polar surface area (TPSA) is 108 Å². The van der Waals surface area contributed by atoms with E-state index in [4.69, 9.17) is 31.3 Å². The number of halogens is 4. The van der Waals surface area contributed by atoms with Crippen LogP contribution in [0.1, 0.15) is 43.7 Å². The van der Waals surface area contributed by atoms with Crippen LogP contribution in [0.2, 0.25) is 5.02 Å². The monoisotopic (exact) mass is 466 g/mol. The standard InChI is InChI=1S/C18H25ClN2O3.C2HF3O2/c1-18(2,14-6-5-12(7-15(14)19)11-3-4-11)21-17(23)16-8-20-13(9-22)10-24-16;3-2(4,5)1(6)7/h5-7,11,13,16,20,22H,3-4,8-10H2,1-2H3,(H,21,23);(H,6,7)/t13-,16+;/m1./s1. The first-order valence-electron chi connectivity index (χ1n) is 9.73. The summed E-state index contributed by atoms with van der Waals surface area (Å²) in [5, 5.41) is 23.0. The predicted molar refractivity (Wildman–Crippen MR) is 107 cm³/mol. The molecule has 31 heavy (non-hydrogen) atoms. The summed E-state index contributed by atoms with van der Waals surface area (Å²) < 4.78 is 37.3. The van der Waals surface area contributed by atoms with Crippen molar-refractivity contribution in [2.75, 3.05) is 19.8 Å². The number of carbonyl (C=O) groups is 2. The van der Waals surface area contributed by atoms with Gasteiger partial charge in [-0.3, -0.25) is 4.79 Å². The van der Waals surface area contributed by atoms with Crippen molar-refractivity contribution >= 4 is 23.5 Å². The molecule has 1 amide bonds. The second-order valence-electron chi connectivity index (χ2n) is 8.04. The fourth-order valence-corrected chi connectivity index (χ4v) is 3.50. The van der Waals surface area contributed by atoms with Crippen molar-refractivity contribution in [1.82, 2.24) is 10.6 Å². The van der Waals surface area contributed by atoms with Gasteiger partial charge in [0.1, 0.15) is 6.10 Å². The zero-order valence-electron chi connectivity index (χ0n) is 17.1. The first-order chi connectivity index (χ1) is 14.3. The van der Waals surface area contributed by atoms with Crippen LogP contribution in [0.25, 0.3) is 0 Å². The Labute approximate surface area is 182 Å². The fourth-order valence-electron chi connectivity index (χ4n) is 3.07. The molecule has 1 aliphatic heterocycles. The lowest BCUT2D eigenvalue weighted by Gasteiger charge is -2.33. The second kappa shape index (κ2) is 10.2. The molecule has 2 fully saturated rings. The van der Waals surface area contributed by atoms with Crippen LogP contribution in [0.5, 0.6) is 0 Å². The maximum atomic E-state index is 12.5. The summed E-state index contributed by atoms with van der Waals surface area (Å²) >= 11 is 6.47. The molecule has 1 heterocycles. The van der Waals surface area contributed by atoms with Gasteiger partial charge >= 0.3 is 12.1 Å². The fraction of sp³-hybridized carbons (Fsp3) is 0.600. The van der Waals surface area contributed by atoms with Gasteiger partial charge < -0.3 is 25.6 Å². The third kappa shape index (κ3) is 7.34. The number of aliphatic carboxylic acids is 1. The van der Waals surface area contributed by atoms with Crippen molar-refractivity contribution in [2.24, 2.45) is 0 Å². The van der Waals surface area contributed by atoms with E-state index in [1.165, 1.54) is 18.4 Å². The summed E-state index contributed by atoms with van der Waals surface area (Å²) in [4.78, 5) is 21.4. The third-order valence-corrected chi connectivity index (χ3v) is 5.31. The molecule has 1 aromatic carbocycles. The van der Waals surface area contributed by atoms with E-state index in [0.29, 0.717) is 24.1 Å². The van der Waals surface area contributed by atoms with Gasteiger partial charge in [-0.1, -0.05) is 23.7 Å². The van der Waals surface area contributed by atoms with Crippen LogP contribution in [0.4, 0.5) is 13.2 Å². The molecule has 2 atom stereocenters. The minimum Gasteiger partial charge on any atom is -0.475 e. The lowest BCUT2D eigenvalue weighted by Crippen LogP contribution is -2.56. The average molecular weight is 467 g/mol. The normalized spacial score (nSPS) is 21.6. The molecule has 3 rings (SSSR count). The highest BCUT2D eigenvalue weighted by Crippen LogP contribution is 2.42. The van der Waals surface area contributed by atoms with Crippen LogP contribution in [-0.4, -0.2) is 60.2 Å². The molecule has 1 aliphatic carbocycles. The predicted octanol–water partition coefficient (Wildman–Crippen LogP) is 2.55. The van der Waals surface area contributed by atoms with Crippen molar-refractivity contribution in [3.63, 3.8) is 0 Å². The molecule has 4 N–H and O–H groups in total. The molecule has 11 heteroatoms. The molecule has 0 spiro atoms. The van der Waals surface area contributed by atoms with Crippen molar-refractivity contribution in [3.05, 3.63) is 34.3 Å². The van der Waals surface area contributed by atoms with Crippen molar-refractivity contribution in [2.45, 2.75) is 56.5 Å². The zero-order valence-corrected chi connectivity index (χ0v) is 17.9. The zero-order chi connectivity index (χ0) is 23.4. The second-order valence-corrected chi connectivity index (χ2v) is 8.45. The number of rotatable bonds is 5. The molecule has 0 unspecified atom stereocenters. The first kappa shape index (κ1) is 25.4. The largest absolute Gasteiger partial charge is 0.490 e. The van der Waals surface area contributed by atoms with Gasteiger partial charge in [-0.25, -0.2) is 4.79 Å². The summed E-state index contributed by atoms with van der Waals surface area (Å²) in [5.74, 6) is -2.28. The maximum absolute atomic E-state index is 12.5. The molecule has 1 saturated heterocycles. The minimum absolute atomic E-state index is 0.00276. The summed E-state index contributed by atoms with van der Waals surface area (Å²) in [5.41, 5.74) is 1.59. The Balaban J connectivity index is 0.000000423. The molecular formula is C20H26ClF3N2O5. The van der Waals surface area contributed by atoms with Gasteiger partial charge in [0.25, 0.3) is 5.91 Å². The number of carboxylic acid groups (broad SMARTS) is 1. The molecule has 0 radical (unpaired) electrons. The molecule has 7 nitrogen and oxygen atoms in total. The number of alkyl halides is 3. The molecule has 0 aromatic heterocycles. The number of carboxylic acids is 1. The van der Waals surface area contributed by atoms with Crippen LogP contribution < -0.4 is 10.6 Å². The number of hydrogen-bond acceptors (Lipinski definition) is 5. The SMILES string of the molecule is CC(C)(NC(=O)[C@@H]1CN[C@H](CO)CO1)c1ccc(C2CC2)cc1Cl.O=C(O)C(F)(F)F. The van der Waals surface area contributed by atoms with Gasteiger partial charge in [-0.05, 0) is 49.8 Å². The molecule has 174 valence electrons. The first-order valence-corrected chi connectivity index (χ1v) is 10.1. The van der Waals surface area contributed by atoms with E-state index in [1.807, 2.05) is 26.0 Å². The minimum atomic E-state index is -5.08. The quantitative estimate of drug-likeness (QED) is 0.531. The van der Waals surface area contributed by atoms with E-state index in [-0.39, 0.29) is 18.6 Å². The highest BCUT2D eigenvalue weighted by atomic mass is 35.5. The Morgan fingerprint density at radius 1 is 1.29 bits per heavy atom. The Morgan fingerprint density at radius 3 is 2.32 bits per heavy atom. The van der Waals surface area contributed by atoms with E-state index in [1.54, 1.807) is 0 Å². The van der Waals surface area contributed by atoms with Crippen molar-refractivity contribution < 1.29 is 37.7 Å². The van der Waals surface area contributed by atoms with Crippen LogP contribution >= 0.6 is 11.6 Å². The number of benzene rings is 1. The molecule has 1 aromatic rings. The molecule has 2 aliphatic rings. The third-order valence-electron chi connectivity index (χ3n) is 5.00. The van der Waals surface area contributed by atoms with Crippen molar-refractivity contribution in [1.29, 1.82) is 0 Å². The number of aliphatic hydroxyl groups is 1. The summed E-state index contributed by atoms with van der Waals surface area (Å²) in [6.07, 6.45) is -3.18. The Kier molecular flexibility index (Phi) is 8.32. The van der Waals surface area contributed by atoms with E-state index >= 15 is 0 Å². The Morgan fingerprint density at radius 2 is 1.90 bits per heavy atom. The van der Waals surface area contributed by atoms with Gasteiger partial charge in [0.2, 0.25) is 0 Å².